The van der Waals surface area contributed by atoms with Crippen molar-refractivity contribution in [3.05, 3.63) is 5.01 Å². The van der Waals surface area contributed by atoms with Gasteiger partial charge >= 0.3 is 0 Å². The zero-order valence-electron chi connectivity index (χ0n) is 10.6. The Morgan fingerprint density at radius 3 is 2.50 bits per heavy atom. The van der Waals surface area contributed by atoms with Crippen molar-refractivity contribution in [3.63, 3.8) is 0 Å². The molecule has 0 aromatic carbocycles. The molecule has 1 heterocycles. The summed E-state index contributed by atoms with van der Waals surface area (Å²) in [4.78, 5) is 0. The van der Waals surface area contributed by atoms with Gasteiger partial charge in [-0.3, -0.25) is 0 Å². The van der Waals surface area contributed by atoms with Crippen molar-refractivity contribution in [2.24, 2.45) is 5.92 Å². The summed E-state index contributed by atoms with van der Waals surface area (Å²) in [7, 11) is 0. The molecular formula is C12H23N3S. The molecule has 92 valence electrons. The van der Waals surface area contributed by atoms with Crippen LogP contribution in [0.1, 0.15) is 51.0 Å². The van der Waals surface area contributed by atoms with Gasteiger partial charge in [0.15, 0.2) is 0 Å². The molecule has 1 N–H and O–H groups in total. The van der Waals surface area contributed by atoms with Crippen LogP contribution < -0.4 is 5.32 Å². The average Bonchev–Trinajstić information content (AvgIpc) is 2.62. The second kappa shape index (κ2) is 7.60. The number of aryl methyl sites for hydroxylation is 1. The molecule has 0 bridgehead atoms. The standard InChI is InChI=1S/C12H23N3S/c1-10(2)8-6-4-5-7-9-13-12-15-14-11(3)16-12/h10H,4-9H2,1-3H3,(H,13,15). The Bertz CT molecular complexity index is 284. The van der Waals surface area contributed by atoms with E-state index in [1.807, 2.05) is 6.92 Å². The topological polar surface area (TPSA) is 37.8 Å². The highest BCUT2D eigenvalue weighted by atomic mass is 32.1. The number of hydrogen-bond donors (Lipinski definition) is 1. The minimum absolute atomic E-state index is 0.850. The van der Waals surface area contributed by atoms with Crippen LogP contribution in [-0.4, -0.2) is 16.7 Å². The lowest BCUT2D eigenvalue weighted by Gasteiger charge is -2.04. The summed E-state index contributed by atoms with van der Waals surface area (Å²) in [5.41, 5.74) is 0. The molecule has 16 heavy (non-hydrogen) atoms. The van der Waals surface area contributed by atoms with Gasteiger partial charge in [-0.2, -0.15) is 0 Å². The molecular weight excluding hydrogens is 218 g/mol. The van der Waals surface area contributed by atoms with Gasteiger partial charge in [0.1, 0.15) is 5.01 Å². The Balaban J connectivity index is 1.92. The van der Waals surface area contributed by atoms with Crippen molar-refractivity contribution in [2.45, 2.75) is 52.9 Å². The molecule has 0 unspecified atom stereocenters. The van der Waals surface area contributed by atoms with Gasteiger partial charge in [-0.05, 0) is 19.3 Å². The number of nitrogens with one attached hydrogen (secondary N) is 1. The van der Waals surface area contributed by atoms with E-state index in [-0.39, 0.29) is 0 Å². The van der Waals surface area contributed by atoms with E-state index in [9.17, 15) is 0 Å². The number of aromatic nitrogens is 2. The zero-order valence-corrected chi connectivity index (χ0v) is 11.4. The first kappa shape index (κ1) is 13.4. The highest BCUT2D eigenvalue weighted by molar-refractivity contribution is 7.15. The third-order valence-electron chi connectivity index (χ3n) is 2.51. The van der Waals surface area contributed by atoms with Crippen LogP contribution in [0.5, 0.6) is 0 Å². The van der Waals surface area contributed by atoms with Gasteiger partial charge in [-0.1, -0.05) is 50.9 Å². The molecule has 0 atom stereocenters. The number of rotatable bonds is 8. The molecule has 4 heteroatoms. The fourth-order valence-electron chi connectivity index (χ4n) is 1.59. The molecule has 0 aliphatic carbocycles. The average molecular weight is 241 g/mol. The molecule has 1 aromatic heterocycles. The summed E-state index contributed by atoms with van der Waals surface area (Å²) in [6.07, 6.45) is 6.64. The lowest BCUT2D eigenvalue weighted by Crippen LogP contribution is -2.00. The Labute approximate surface area is 103 Å². The van der Waals surface area contributed by atoms with Crippen LogP contribution in [0.25, 0.3) is 0 Å². The molecule has 0 saturated carbocycles. The van der Waals surface area contributed by atoms with Crippen molar-refractivity contribution >= 4 is 16.5 Å². The maximum Gasteiger partial charge on any atom is 0.205 e. The summed E-state index contributed by atoms with van der Waals surface area (Å²) in [6, 6.07) is 0. The van der Waals surface area contributed by atoms with Gasteiger partial charge in [0.05, 0.1) is 0 Å². The molecule has 3 nitrogen and oxygen atoms in total. The number of anilines is 1. The molecule has 0 radical (unpaired) electrons. The SMILES string of the molecule is Cc1nnc(NCCCCCCC(C)C)s1. The van der Waals surface area contributed by atoms with E-state index in [0.717, 1.165) is 22.6 Å². The quantitative estimate of drug-likeness (QED) is 0.702. The van der Waals surface area contributed by atoms with E-state index in [0.29, 0.717) is 0 Å². The van der Waals surface area contributed by atoms with Crippen LogP contribution in [-0.2, 0) is 0 Å². The maximum atomic E-state index is 4.03. The van der Waals surface area contributed by atoms with Crippen molar-refractivity contribution in [1.29, 1.82) is 0 Å². The fraction of sp³-hybridized carbons (Fsp3) is 0.833. The van der Waals surface area contributed by atoms with E-state index >= 15 is 0 Å². The third-order valence-corrected chi connectivity index (χ3v) is 3.31. The summed E-state index contributed by atoms with van der Waals surface area (Å²) in [5, 5.41) is 13.3. The monoisotopic (exact) mass is 241 g/mol. The van der Waals surface area contributed by atoms with Crippen LogP contribution in [0.15, 0.2) is 0 Å². The Morgan fingerprint density at radius 2 is 1.88 bits per heavy atom. The number of nitrogens with zero attached hydrogens (tertiary/aromatic N) is 2. The summed E-state index contributed by atoms with van der Waals surface area (Å²) >= 11 is 1.63. The molecule has 0 saturated heterocycles. The summed E-state index contributed by atoms with van der Waals surface area (Å²) in [5.74, 6) is 0.850. The maximum absolute atomic E-state index is 4.03. The Hall–Kier alpha value is -0.640. The first-order chi connectivity index (χ1) is 7.68. The predicted octanol–water partition coefficient (Wildman–Crippen LogP) is 3.86. The van der Waals surface area contributed by atoms with Crippen LogP contribution in [0.4, 0.5) is 5.13 Å². The highest BCUT2D eigenvalue weighted by Crippen LogP contribution is 2.14. The van der Waals surface area contributed by atoms with Crippen LogP contribution in [0, 0.1) is 12.8 Å². The lowest BCUT2D eigenvalue weighted by atomic mass is 10.0. The van der Waals surface area contributed by atoms with E-state index in [1.165, 1.54) is 32.1 Å². The molecule has 0 amide bonds. The first-order valence-electron chi connectivity index (χ1n) is 6.22. The summed E-state index contributed by atoms with van der Waals surface area (Å²) < 4.78 is 0. The van der Waals surface area contributed by atoms with Gasteiger partial charge in [0.2, 0.25) is 5.13 Å². The number of hydrogen-bond acceptors (Lipinski definition) is 4. The largest absolute Gasteiger partial charge is 0.360 e. The molecule has 0 fully saturated rings. The van der Waals surface area contributed by atoms with Gasteiger partial charge < -0.3 is 5.32 Å². The minimum atomic E-state index is 0.850. The first-order valence-corrected chi connectivity index (χ1v) is 7.04. The zero-order chi connectivity index (χ0) is 11.8. The minimum Gasteiger partial charge on any atom is -0.360 e. The molecule has 1 aromatic rings. The molecule has 0 aliphatic rings. The van der Waals surface area contributed by atoms with E-state index in [4.69, 9.17) is 0 Å². The molecule has 0 aliphatic heterocycles. The van der Waals surface area contributed by atoms with Crippen LogP contribution in [0.3, 0.4) is 0 Å². The van der Waals surface area contributed by atoms with E-state index < -0.39 is 0 Å². The van der Waals surface area contributed by atoms with E-state index in [2.05, 4.69) is 29.4 Å². The van der Waals surface area contributed by atoms with Crippen molar-refractivity contribution in [1.82, 2.24) is 10.2 Å². The highest BCUT2D eigenvalue weighted by Gasteiger charge is 1.98. The third kappa shape index (κ3) is 6.05. The Kier molecular flexibility index (Phi) is 6.38. The predicted molar refractivity (Wildman–Crippen MR) is 71.1 cm³/mol. The second-order valence-electron chi connectivity index (χ2n) is 4.65. The summed E-state index contributed by atoms with van der Waals surface area (Å²) in [6.45, 7) is 7.59. The van der Waals surface area contributed by atoms with Gasteiger partial charge in [0, 0.05) is 6.54 Å². The van der Waals surface area contributed by atoms with Gasteiger partial charge in [-0.25, -0.2) is 0 Å². The van der Waals surface area contributed by atoms with Crippen LogP contribution in [0.2, 0.25) is 0 Å². The molecule has 0 spiro atoms. The smallest absolute Gasteiger partial charge is 0.205 e. The lowest BCUT2D eigenvalue weighted by molar-refractivity contribution is 0.523. The van der Waals surface area contributed by atoms with Gasteiger partial charge in [-0.15, -0.1) is 10.2 Å². The van der Waals surface area contributed by atoms with Crippen molar-refractivity contribution in [3.8, 4) is 0 Å². The van der Waals surface area contributed by atoms with Crippen molar-refractivity contribution < 1.29 is 0 Å². The van der Waals surface area contributed by atoms with Crippen molar-refractivity contribution in [2.75, 3.05) is 11.9 Å². The second-order valence-corrected chi connectivity index (χ2v) is 5.83. The Morgan fingerprint density at radius 1 is 1.12 bits per heavy atom. The fourth-order valence-corrected chi connectivity index (χ4v) is 2.21. The van der Waals surface area contributed by atoms with E-state index in [1.54, 1.807) is 11.3 Å². The number of unbranched alkanes of at least 4 members (excludes halogenated alkanes) is 3. The van der Waals surface area contributed by atoms with Gasteiger partial charge in [0.25, 0.3) is 0 Å². The van der Waals surface area contributed by atoms with Crippen LogP contribution >= 0.6 is 11.3 Å². The molecule has 1 rings (SSSR count). The normalized spacial score (nSPS) is 11.0.